The van der Waals surface area contributed by atoms with E-state index in [0.717, 1.165) is 22.3 Å². The Kier molecular flexibility index (Phi) is 6.68. The fourth-order valence-corrected chi connectivity index (χ4v) is 3.09. The van der Waals surface area contributed by atoms with Gasteiger partial charge in [-0.2, -0.15) is 0 Å². The second-order valence-corrected chi connectivity index (χ2v) is 6.53. The topological polar surface area (TPSA) is 55.8 Å². The molecule has 0 spiro atoms. The minimum Gasteiger partial charge on any atom is -0.489 e. The highest BCUT2D eigenvalue weighted by Crippen LogP contribution is 2.31. The molecule has 3 rings (SSSR count). The molecule has 0 aliphatic carbocycles. The van der Waals surface area contributed by atoms with E-state index in [9.17, 15) is 9.90 Å². The van der Waals surface area contributed by atoms with E-state index in [1.807, 2.05) is 79.7 Å². The number of ether oxygens (including phenoxy) is 2. The molecule has 0 unspecified atom stereocenters. The zero-order valence-electron chi connectivity index (χ0n) is 15.9. The van der Waals surface area contributed by atoms with Crippen molar-refractivity contribution >= 4 is 5.97 Å². The Morgan fingerprint density at radius 2 is 1.43 bits per heavy atom. The third-order valence-corrected chi connectivity index (χ3v) is 4.46. The van der Waals surface area contributed by atoms with Gasteiger partial charge < -0.3 is 14.6 Å². The normalized spacial score (nSPS) is 10.5. The van der Waals surface area contributed by atoms with Crippen LogP contribution in [-0.4, -0.2) is 11.1 Å². The molecule has 4 heteroatoms. The van der Waals surface area contributed by atoms with Crippen molar-refractivity contribution in [3.63, 3.8) is 0 Å². The molecule has 4 nitrogen and oxygen atoms in total. The van der Waals surface area contributed by atoms with Crippen LogP contribution < -0.4 is 9.47 Å². The summed E-state index contributed by atoms with van der Waals surface area (Å²) < 4.78 is 12.0. The maximum absolute atomic E-state index is 11.3. The Hall–Kier alpha value is -3.27. The smallest absolute Gasteiger partial charge is 0.307 e. The first-order chi connectivity index (χ1) is 13.7. The molecule has 3 aromatic carbocycles. The molecule has 28 heavy (non-hydrogen) atoms. The van der Waals surface area contributed by atoms with Crippen LogP contribution in [0.2, 0.25) is 0 Å². The average molecular weight is 376 g/mol. The predicted octanol–water partition coefficient (Wildman–Crippen LogP) is 5.03. The van der Waals surface area contributed by atoms with E-state index in [1.165, 1.54) is 0 Å². The minimum atomic E-state index is -0.871. The quantitative estimate of drug-likeness (QED) is 0.569. The molecule has 0 saturated carbocycles. The van der Waals surface area contributed by atoms with Crippen LogP contribution in [0.5, 0.6) is 11.5 Å². The van der Waals surface area contributed by atoms with E-state index >= 15 is 0 Å². The van der Waals surface area contributed by atoms with E-state index in [0.29, 0.717) is 31.1 Å². The average Bonchev–Trinajstić information content (AvgIpc) is 2.71. The second kappa shape index (κ2) is 9.60. The van der Waals surface area contributed by atoms with E-state index in [-0.39, 0.29) is 6.42 Å². The summed E-state index contributed by atoms with van der Waals surface area (Å²) in [6.45, 7) is 2.83. The van der Waals surface area contributed by atoms with E-state index in [2.05, 4.69) is 0 Å². The van der Waals surface area contributed by atoms with Crippen LogP contribution in [0.1, 0.15) is 29.2 Å². The van der Waals surface area contributed by atoms with Gasteiger partial charge in [0.05, 0.1) is 6.42 Å². The Morgan fingerprint density at radius 3 is 1.96 bits per heavy atom. The van der Waals surface area contributed by atoms with E-state index < -0.39 is 5.97 Å². The van der Waals surface area contributed by atoms with Gasteiger partial charge >= 0.3 is 5.97 Å². The van der Waals surface area contributed by atoms with Gasteiger partial charge in [-0.1, -0.05) is 67.6 Å². The van der Waals surface area contributed by atoms with Crippen molar-refractivity contribution in [1.82, 2.24) is 0 Å². The van der Waals surface area contributed by atoms with Gasteiger partial charge in [0.2, 0.25) is 0 Å². The molecule has 0 heterocycles. The van der Waals surface area contributed by atoms with Gasteiger partial charge in [0, 0.05) is 6.07 Å². The van der Waals surface area contributed by atoms with Gasteiger partial charge in [0.1, 0.15) is 24.7 Å². The molecule has 0 aliphatic heterocycles. The maximum Gasteiger partial charge on any atom is 0.307 e. The molecular formula is C24H24O4. The highest BCUT2D eigenvalue weighted by molar-refractivity contribution is 5.71. The Labute approximate surface area is 165 Å². The highest BCUT2D eigenvalue weighted by Gasteiger charge is 2.15. The van der Waals surface area contributed by atoms with Crippen LogP contribution >= 0.6 is 0 Å². The second-order valence-electron chi connectivity index (χ2n) is 6.53. The molecule has 0 aliphatic rings. The van der Waals surface area contributed by atoms with Crippen molar-refractivity contribution < 1.29 is 19.4 Å². The monoisotopic (exact) mass is 376 g/mol. The number of hydrogen-bond donors (Lipinski definition) is 1. The third-order valence-electron chi connectivity index (χ3n) is 4.46. The molecule has 0 radical (unpaired) electrons. The van der Waals surface area contributed by atoms with Gasteiger partial charge in [0.15, 0.2) is 0 Å². The molecular weight excluding hydrogens is 352 g/mol. The Morgan fingerprint density at radius 1 is 0.857 bits per heavy atom. The molecule has 0 atom stereocenters. The lowest BCUT2D eigenvalue weighted by Crippen LogP contribution is -2.07. The molecule has 1 N–H and O–H groups in total. The highest BCUT2D eigenvalue weighted by atomic mass is 16.5. The van der Waals surface area contributed by atoms with Crippen molar-refractivity contribution in [2.75, 3.05) is 0 Å². The molecule has 3 aromatic rings. The maximum atomic E-state index is 11.3. The summed E-state index contributed by atoms with van der Waals surface area (Å²) >= 11 is 0. The third kappa shape index (κ3) is 5.36. The van der Waals surface area contributed by atoms with Gasteiger partial charge in [-0.25, -0.2) is 0 Å². The largest absolute Gasteiger partial charge is 0.489 e. The summed E-state index contributed by atoms with van der Waals surface area (Å²) in [5.74, 6) is 0.414. The molecule has 0 fully saturated rings. The van der Waals surface area contributed by atoms with Crippen molar-refractivity contribution in [2.45, 2.75) is 33.0 Å². The summed E-state index contributed by atoms with van der Waals surface area (Å²) in [7, 11) is 0. The van der Waals surface area contributed by atoms with Gasteiger partial charge in [-0.05, 0) is 34.7 Å². The number of carbonyl (C=O) groups is 1. The molecule has 0 aromatic heterocycles. The van der Waals surface area contributed by atoms with Gasteiger partial charge in [-0.15, -0.1) is 0 Å². The standard InChI is InChI=1S/C24H24O4/c1-2-22-20(14-24(25)26)13-21(27-16-18-9-5-3-6-10-18)15-23(22)28-17-19-11-7-4-8-12-19/h3-13,15H,2,14,16-17H2,1H3,(H,25,26). The van der Waals surface area contributed by atoms with Crippen LogP contribution in [0.4, 0.5) is 0 Å². The fourth-order valence-electron chi connectivity index (χ4n) is 3.09. The number of aliphatic carboxylic acids is 1. The number of carboxylic acids is 1. The lowest BCUT2D eigenvalue weighted by Gasteiger charge is -2.17. The fraction of sp³-hybridized carbons (Fsp3) is 0.208. The van der Waals surface area contributed by atoms with Crippen molar-refractivity contribution in [3.8, 4) is 11.5 Å². The van der Waals surface area contributed by atoms with Crippen LogP contribution in [0.3, 0.4) is 0 Å². The van der Waals surface area contributed by atoms with Crippen LogP contribution in [0, 0.1) is 0 Å². The first-order valence-electron chi connectivity index (χ1n) is 9.36. The minimum absolute atomic E-state index is 0.0621. The van der Waals surface area contributed by atoms with E-state index in [1.54, 1.807) is 0 Å². The summed E-state index contributed by atoms with van der Waals surface area (Å²) in [5, 5.41) is 9.30. The summed E-state index contributed by atoms with van der Waals surface area (Å²) in [6, 6.07) is 23.4. The number of hydrogen-bond acceptors (Lipinski definition) is 3. The van der Waals surface area contributed by atoms with E-state index in [4.69, 9.17) is 9.47 Å². The lowest BCUT2D eigenvalue weighted by molar-refractivity contribution is -0.136. The SMILES string of the molecule is CCc1c(CC(=O)O)cc(OCc2ccccc2)cc1OCc1ccccc1. The molecule has 0 bridgehead atoms. The predicted molar refractivity (Wildman–Crippen MR) is 109 cm³/mol. The number of rotatable bonds is 9. The lowest BCUT2D eigenvalue weighted by atomic mass is 10.0. The molecule has 144 valence electrons. The zero-order chi connectivity index (χ0) is 19.8. The van der Waals surface area contributed by atoms with Gasteiger partial charge in [0.25, 0.3) is 0 Å². The summed E-state index contributed by atoms with van der Waals surface area (Å²) in [6.07, 6.45) is 0.624. The summed E-state index contributed by atoms with van der Waals surface area (Å²) in [5.41, 5.74) is 3.74. The van der Waals surface area contributed by atoms with Crippen molar-refractivity contribution in [1.29, 1.82) is 0 Å². The van der Waals surface area contributed by atoms with Crippen LogP contribution in [-0.2, 0) is 30.8 Å². The number of carboxylic acid groups (broad SMARTS) is 1. The number of benzene rings is 3. The summed E-state index contributed by atoms with van der Waals surface area (Å²) in [4.78, 5) is 11.3. The van der Waals surface area contributed by atoms with Gasteiger partial charge in [-0.3, -0.25) is 4.79 Å². The van der Waals surface area contributed by atoms with Crippen LogP contribution in [0.15, 0.2) is 72.8 Å². The first-order valence-corrected chi connectivity index (χ1v) is 9.36. The van der Waals surface area contributed by atoms with Crippen LogP contribution in [0.25, 0.3) is 0 Å². The molecule has 0 saturated heterocycles. The van der Waals surface area contributed by atoms with Crippen molar-refractivity contribution in [3.05, 3.63) is 95.1 Å². The Balaban J connectivity index is 1.85. The van der Waals surface area contributed by atoms with Crippen molar-refractivity contribution in [2.24, 2.45) is 0 Å². The first kappa shape index (κ1) is 19.5. The Bertz CT molecular complexity index is 905. The molecule has 0 amide bonds. The zero-order valence-corrected chi connectivity index (χ0v) is 15.9.